The maximum atomic E-state index is 5.96. The van der Waals surface area contributed by atoms with Crippen LogP contribution >= 0.6 is 0 Å². The molecule has 0 amide bonds. The van der Waals surface area contributed by atoms with Gasteiger partial charge in [0.15, 0.2) is 0 Å². The number of likely N-dealkylation sites (N-methyl/N-ethyl adjacent to an activating group) is 1. The Morgan fingerprint density at radius 3 is 2.56 bits per heavy atom. The minimum Gasteiger partial charge on any atom is -0.398 e. The summed E-state index contributed by atoms with van der Waals surface area (Å²) in [4.78, 5) is 8.18. The van der Waals surface area contributed by atoms with Crippen molar-refractivity contribution in [2.45, 2.75) is 19.4 Å². The molecule has 4 nitrogen and oxygen atoms in total. The molecule has 2 aromatic heterocycles. The van der Waals surface area contributed by atoms with Crippen LogP contribution in [0.15, 0.2) is 43.0 Å². The highest BCUT2D eigenvalue weighted by Crippen LogP contribution is 2.20. The average Bonchev–Trinajstić information content (AvgIpc) is 2.42. The first-order valence-corrected chi connectivity index (χ1v) is 6.13. The van der Waals surface area contributed by atoms with Gasteiger partial charge in [-0.25, -0.2) is 0 Å². The third-order valence-electron chi connectivity index (χ3n) is 2.92. The zero-order valence-electron chi connectivity index (χ0n) is 10.5. The van der Waals surface area contributed by atoms with Crippen LogP contribution in [0.3, 0.4) is 0 Å². The lowest BCUT2D eigenvalue weighted by Crippen LogP contribution is -2.23. The maximum absolute atomic E-state index is 5.96. The lowest BCUT2D eigenvalue weighted by atomic mass is 10.00. The van der Waals surface area contributed by atoms with E-state index in [0.29, 0.717) is 0 Å². The van der Waals surface area contributed by atoms with Crippen molar-refractivity contribution in [1.82, 2.24) is 15.3 Å². The molecule has 0 saturated heterocycles. The van der Waals surface area contributed by atoms with E-state index in [9.17, 15) is 0 Å². The second-order valence-corrected chi connectivity index (χ2v) is 4.17. The Labute approximate surface area is 107 Å². The van der Waals surface area contributed by atoms with Gasteiger partial charge in [0.2, 0.25) is 0 Å². The van der Waals surface area contributed by atoms with Crippen molar-refractivity contribution in [1.29, 1.82) is 0 Å². The molecule has 0 bridgehead atoms. The molecule has 18 heavy (non-hydrogen) atoms. The van der Waals surface area contributed by atoms with Gasteiger partial charge >= 0.3 is 0 Å². The van der Waals surface area contributed by atoms with Crippen LogP contribution in [0.5, 0.6) is 0 Å². The van der Waals surface area contributed by atoms with Gasteiger partial charge in [0.05, 0.1) is 0 Å². The van der Waals surface area contributed by atoms with Gasteiger partial charge in [-0.15, -0.1) is 0 Å². The predicted molar refractivity (Wildman–Crippen MR) is 73.0 cm³/mol. The van der Waals surface area contributed by atoms with Gasteiger partial charge in [-0.05, 0) is 42.3 Å². The number of nitrogens with zero attached hydrogens (tertiary/aromatic N) is 2. The van der Waals surface area contributed by atoms with E-state index in [1.54, 1.807) is 6.20 Å². The van der Waals surface area contributed by atoms with E-state index in [-0.39, 0.29) is 6.04 Å². The number of hydrogen-bond acceptors (Lipinski definition) is 4. The van der Waals surface area contributed by atoms with E-state index in [1.165, 1.54) is 5.56 Å². The molecule has 1 atom stereocenters. The number of nitrogens with two attached hydrogens (primary N) is 1. The van der Waals surface area contributed by atoms with Crippen molar-refractivity contribution in [2.75, 3.05) is 12.3 Å². The molecule has 0 aliphatic carbocycles. The number of rotatable bonds is 5. The summed E-state index contributed by atoms with van der Waals surface area (Å²) in [6.45, 7) is 3.01. The van der Waals surface area contributed by atoms with E-state index >= 15 is 0 Å². The van der Waals surface area contributed by atoms with Crippen LogP contribution in [0.1, 0.15) is 24.1 Å². The third-order valence-corrected chi connectivity index (χ3v) is 2.92. The van der Waals surface area contributed by atoms with Gasteiger partial charge in [0, 0.05) is 36.5 Å². The van der Waals surface area contributed by atoms with Crippen molar-refractivity contribution in [2.24, 2.45) is 0 Å². The lowest BCUT2D eigenvalue weighted by Gasteiger charge is -2.18. The molecule has 1 unspecified atom stereocenters. The highest BCUT2D eigenvalue weighted by molar-refractivity contribution is 5.45. The van der Waals surface area contributed by atoms with Crippen molar-refractivity contribution in [3.8, 4) is 0 Å². The molecule has 2 rings (SSSR count). The fourth-order valence-corrected chi connectivity index (χ4v) is 1.98. The van der Waals surface area contributed by atoms with Gasteiger partial charge < -0.3 is 11.1 Å². The first kappa shape index (κ1) is 12.5. The molecule has 0 radical (unpaired) electrons. The molecule has 0 fully saturated rings. The van der Waals surface area contributed by atoms with E-state index in [0.717, 1.165) is 24.2 Å². The van der Waals surface area contributed by atoms with Gasteiger partial charge in [-0.2, -0.15) is 0 Å². The number of aromatic nitrogens is 2. The summed E-state index contributed by atoms with van der Waals surface area (Å²) in [5, 5.41) is 3.46. The van der Waals surface area contributed by atoms with Crippen LogP contribution in [0.4, 0.5) is 5.69 Å². The number of hydrogen-bond donors (Lipinski definition) is 2. The number of anilines is 1. The maximum Gasteiger partial charge on any atom is 0.0378 e. The number of pyridine rings is 2. The molecule has 0 aliphatic heterocycles. The Morgan fingerprint density at radius 2 is 1.89 bits per heavy atom. The highest BCUT2D eigenvalue weighted by Gasteiger charge is 2.12. The van der Waals surface area contributed by atoms with Gasteiger partial charge in [-0.3, -0.25) is 9.97 Å². The molecule has 0 aromatic carbocycles. The van der Waals surface area contributed by atoms with E-state index in [2.05, 4.69) is 22.2 Å². The van der Waals surface area contributed by atoms with Crippen LogP contribution < -0.4 is 11.1 Å². The Hall–Kier alpha value is -1.94. The van der Waals surface area contributed by atoms with Crippen LogP contribution in [0.2, 0.25) is 0 Å². The Kier molecular flexibility index (Phi) is 4.25. The molecular weight excluding hydrogens is 224 g/mol. The molecule has 0 saturated carbocycles. The van der Waals surface area contributed by atoms with Gasteiger partial charge in [0.1, 0.15) is 0 Å². The summed E-state index contributed by atoms with van der Waals surface area (Å²) in [6.07, 6.45) is 8.00. The van der Waals surface area contributed by atoms with Gasteiger partial charge in [0.25, 0.3) is 0 Å². The van der Waals surface area contributed by atoms with E-state index in [1.807, 2.05) is 36.8 Å². The topological polar surface area (TPSA) is 63.8 Å². The zero-order chi connectivity index (χ0) is 12.8. The second-order valence-electron chi connectivity index (χ2n) is 4.17. The summed E-state index contributed by atoms with van der Waals surface area (Å²) in [5.74, 6) is 0. The zero-order valence-corrected chi connectivity index (χ0v) is 10.5. The fraction of sp³-hybridized carbons (Fsp3) is 0.286. The third kappa shape index (κ3) is 3.05. The SMILES string of the molecule is CCNC(Cc1cnccc1N)c1ccncc1. The summed E-state index contributed by atoms with van der Waals surface area (Å²) >= 11 is 0. The smallest absolute Gasteiger partial charge is 0.0378 e. The van der Waals surface area contributed by atoms with Crippen molar-refractivity contribution >= 4 is 5.69 Å². The predicted octanol–water partition coefficient (Wildman–Crippen LogP) is 1.95. The van der Waals surface area contributed by atoms with Crippen molar-refractivity contribution in [3.05, 3.63) is 54.1 Å². The minimum absolute atomic E-state index is 0.240. The first-order chi connectivity index (χ1) is 8.81. The summed E-state index contributed by atoms with van der Waals surface area (Å²) in [6, 6.07) is 6.13. The largest absolute Gasteiger partial charge is 0.398 e. The molecule has 0 aliphatic rings. The molecule has 94 valence electrons. The summed E-state index contributed by atoms with van der Waals surface area (Å²) in [7, 11) is 0. The molecule has 2 aromatic rings. The van der Waals surface area contributed by atoms with Crippen LogP contribution in [0, 0.1) is 0 Å². The molecule has 0 spiro atoms. The number of nitrogens with one attached hydrogen (secondary N) is 1. The Morgan fingerprint density at radius 1 is 1.17 bits per heavy atom. The van der Waals surface area contributed by atoms with Crippen LogP contribution in [-0.4, -0.2) is 16.5 Å². The van der Waals surface area contributed by atoms with Crippen molar-refractivity contribution < 1.29 is 0 Å². The Bertz CT molecular complexity index is 484. The Balaban J connectivity index is 2.19. The van der Waals surface area contributed by atoms with Crippen LogP contribution in [-0.2, 0) is 6.42 Å². The normalized spacial score (nSPS) is 12.3. The first-order valence-electron chi connectivity index (χ1n) is 6.13. The summed E-state index contributed by atoms with van der Waals surface area (Å²) in [5.41, 5.74) is 9.04. The molecule has 3 N–H and O–H groups in total. The fourth-order valence-electron chi connectivity index (χ4n) is 1.98. The quantitative estimate of drug-likeness (QED) is 0.841. The average molecular weight is 242 g/mol. The molecule has 4 heteroatoms. The highest BCUT2D eigenvalue weighted by atomic mass is 14.9. The van der Waals surface area contributed by atoms with Gasteiger partial charge in [-0.1, -0.05) is 6.92 Å². The molecule has 2 heterocycles. The second kappa shape index (κ2) is 6.12. The summed E-state index contributed by atoms with van der Waals surface area (Å²) < 4.78 is 0. The number of nitrogen functional groups attached to an aromatic ring is 1. The molecular formula is C14H18N4. The lowest BCUT2D eigenvalue weighted by molar-refractivity contribution is 0.549. The minimum atomic E-state index is 0.240. The standard InChI is InChI=1S/C14H18N4/c1-2-18-14(11-3-6-16-7-4-11)9-12-10-17-8-5-13(12)15/h3-8,10,14,18H,2,9H2,1H3,(H2,15,17). The van der Waals surface area contributed by atoms with E-state index in [4.69, 9.17) is 5.73 Å². The van der Waals surface area contributed by atoms with Crippen LogP contribution in [0.25, 0.3) is 0 Å². The van der Waals surface area contributed by atoms with E-state index < -0.39 is 0 Å². The monoisotopic (exact) mass is 242 g/mol. The van der Waals surface area contributed by atoms with Crippen molar-refractivity contribution in [3.63, 3.8) is 0 Å².